The third kappa shape index (κ3) is 3.68. The molecule has 0 fully saturated rings. The van der Waals surface area contributed by atoms with Crippen LogP contribution in [0.4, 0.5) is 4.39 Å². The van der Waals surface area contributed by atoms with E-state index in [0.29, 0.717) is 29.4 Å². The molecule has 0 aliphatic rings. The van der Waals surface area contributed by atoms with Crippen molar-refractivity contribution in [2.45, 2.75) is 13.5 Å². The van der Waals surface area contributed by atoms with Crippen molar-refractivity contribution >= 4 is 5.91 Å². The van der Waals surface area contributed by atoms with Crippen molar-refractivity contribution < 1.29 is 13.6 Å². The molecule has 0 saturated carbocycles. The van der Waals surface area contributed by atoms with E-state index in [4.69, 9.17) is 4.42 Å². The first-order valence-electron chi connectivity index (χ1n) is 8.70. The number of nitrogens with zero attached hydrogens (tertiary/aromatic N) is 3. The molecule has 0 bridgehead atoms. The number of carbonyl (C=O) groups is 1. The summed E-state index contributed by atoms with van der Waals surface area (Å²) < 4.78 is 20.4. The molecular formula is C21H17FN4O2. The summed E-state index contributed by atoms with van der Waals surface area (Å²) in [5.41, 5.74) is 2.35. The Bertz CT molecular complexity index is 1100. The lowest BCUT2D eigenvalue weighted by Crippen LogP contribution is -2.25. The Morgan fingerprint density at radius 3 is 2.54 bits per heavy atom. The second-order valence-corrected chi connectivity index (χ2v) is 6.25. The molecule has 28 heavy (non-hydrogen) atoms. The molecule has 0 aliphatic carbocycles. The number of rotatable bonds is 5. The summed E-state index contributed by atoms with van der Waals surface area (Å²) >= 11 is 0. The number of hydrogen-bond acceptors (Lipinski definition) is 4. The Labute approximate surface area is 160 Å². The van der Waals surface area contributed by atoms with Gasteiger partial charge in [0.25, 0.3) is 5.91 Å². The van der Waals surface area contributed by atoms with Crippen LogP contribution in [0.1, 0.15) is 21.8 Å². The number of amides is 1. The molecule has 6 nitrogen and oxygen atoms in total. The van der Waals surface area contributed by atoms with Crippen molar-refractivity contribution in [3.63, 3.8) is 0 Å². The summed E-state index contributed by atoms with van der Waals surface area (Å²) in [6.45, 7) is 2.19. The molecule has 1 aromatic carbocycles. The SMILES string of the molecule is Cc1ccc(-c2cc(C(=O)NCc3ccncc3)n(-c3ccc(F)cc3)n2)o1. The molecule has 7 heteroatoms. The van der Waals surface area contributed by atoms with Crippen LogP contribution in [0.3, 0.4) is 0 Å². The van der Waals surface area contributed by atoms with Crippen LogP contribution < -0.4 is 5.32 Å². The number of halogens is 1. The summed E-state index contributed by atoms with van der Waals surface area (Å²) in [6.07, 6.45) is 3.34. The number of carbonyl (C=O) groups excluding carboxylic acids is 1. The highest BCUT2D eigenvalue weighted by Gasteiger charge is 2.19. The molecule has 0 radical (unpaired) electrons. The van der Waals surface area contributed by atoms with E-state index in [1.807, 2.05) is 25.1 Å². The first-order chi connectivity index (χ1) is 13.6. The number of furan rings is 1. The zero-order valence-corrected chi connectivity index (χ0v) is 15.1. The van der Waals surface area contributed by atoms with E-state index in [2.05, 4.69) is 15.4 Å². The van der Waals surface area contributed by atoms with Crippen LogP contribution in [0.25, 0.3) is 17.1 Å². The van der Waals surface area contributed by atoms with Gasteiger partial charge in [0.2, 0.25) is 0 Å². The monoisotopic (exact) mass is 376 g/mol. The third-order valence-electron chi connectivity index (χ3n) is 4.21. The van der Waals surface area contributed by atoms with Gasteiger partial charge in [-0.05, 0) is 61.0 Å². The molecule has 0 unspecified atom stereocenters. The fourth-order valence-corrected chi connectivity index (χ4v) is 2.79. The highest BCUT2D eigenvalue weighted by Crippen LogP contribution is 2.24. The lowest BCUT2D eigenvalue weighted by molar-refractivity contribution is 0.0943. The molecule has 0 saturated heterocycles. The summed E-state index contributed by atoms with van der Waals surface area (Å²) in [6, 6.07) is 14.7. The van der Waals surface area contributed by atoms with Gasteiger partial charge in [-0.3, -0.25) is 9.78 Å². The van der Waals surface area contributed by atoms with Gasteiger partial charge in [-0.1, -0.05) is 0 Å². The largest absolute Gasteiger partial charge is 0.460 e. The summed E-state index contributed by atoms with van der Waals surface area (Å²) in [4.78, 5) is 16.8. The Morgan fingerprint density at radius 1 is 1.11 bits per heavy atom. The fraction of sp³-hybridized carbons (Fsp3) is 0.0952. The van der Waals surface area contributed by atoms with Crippen LogP contribution in [-0.2, 0) is 6.54 Å². The number of aryl methyl sites for hydroxylation is 1. The highest BCUT2D eigenvalue weighted by atomic mass is 19.1. The van der Waals surface area contributed by atoms with Gasteiger partial charge in [-0.25, -0.2) is 9.07 Å². The van der Waals surface area contributed by atoms with Crippen molar-refractivity contribution in [1.82, 2.24) is 20.1 Å². The molecule has 3 aromatic heterocycles. The molecule has 4 rings (SSSR count). The average molecular weight is 376 g/mol. The molecule has 3 heterocycles. The van der Waals surface area contributed by atoms with Gasteiger partial charge in [-0.2, -0.15) is 5.10 Å². The number of benzene rings is 1. The minimum atomic E-state index is -0.360. The van der Waals surface area contributed by atoms with Crippen molar-refractivity contribution in [3.8, 4) is 17.1 Å². The molecule has 140 valence electrons. The van der Waals surface area contributed by atoms with Gasteiger partial charge < -0.3 is 9.73 Å². The smallest absolute Gasteiger partial charge is 0.270 e. The Morgan fingerprint density at radius 2 is 1.86 bits per heavy atom. The third-order valence-corrected chi connectivity index (χ3v) is 4.21. The van der Waals surface area contributed by atoms with Gasteiger partial charge in [0.05, 0.1) is 5.69 Å². The van der Waals surface area contributed by atoms with Gasteiger partial charge in [-0.15, -0.1) is 0 Å². The Hall–Kier alpha value is -3.74. The Kier molecular flexibility index (Phi) is 4.72. The lowest BCUT2D eigenvalue weighted by Gasteiger charge is -2.08. The van der Waals surface area contributed by atoms with E-state index in [0.717, 1.165) is 11.3 Å². The van der Waals surface area contributed by atoms with E-state index in [-0.39, 0.29) is 11.7 Å². The zero-order valence-electron chi connectivity index (χ0n) is 15.1. The maximum atomic E-state index is 13.3. The van der Waals surface area contributed by atoms with Gasteiger partial charge in [0, 0.05) is 25.0 Å². The maximum Gasteiger partial charge on any atom is 0.270 e. The summed E-state index contributed by atoms with van der Waals surface area (Å²) in [5.74, 6) is 0.640. The minimum Gasteiger partial charge on any atom is -0.460 e. The number of hydrogen-bond donors (Lipinski definition) is 1. The van der Waals surface area contributed by atoms with Crippen molar-refractivity contribution in [1.29, 1.82) is 0 Å². The standard InChI is InChI=1S/C21H17FN4O2/c1-14-2-7-20(28-14)18-12-19(21(27)24-13-15-8-10-23-11-9-15)26(25-18)17-5-3-16(22)4-6-17/h2-12H,13H2,1H3,(H,24,27). The number of aromatic nitrogens is 3. The van der Waals surface area contributed by atoms with Gasteiger partial charge in [0.1, 0.15) is 23.0 Å². The fourth-order valence-electron chi connectivity index (χ4n) is 2.79. The van der Waals surface area contributed by atoms with E-state index in [1.165, 1.54) is 16.8 Å². The normalized spacial score (nSPS) is 10.8. The average Bonchev–Trinajstić information content (AvgIpc) is 3.34. The summed E-state index contributed by atoms with van der Waals surface area (Å²) in [5, 5.41) is 7.37. The van der Waals surface area contributed by atoms with Gasteiger partial charge in [0.15, 0.2) is 5.76 Å². The van der Waals surface area contributed by atoms with Crippen LogP contribution in [0.2, 0.25) is 0 Å². The molecule has 1 amide bonds. The predicted molar refractivity (Wildman–Crippen MR) is 101 cm³/mol. The second-order valence-electron chi connectivity index (χ2n) is 6.25. The van der Waals surface area contributed by atoms with Crippen molar-refractivity contribution in [2.75, 3.05) is 0 Å². The first-order valence-corrected chi connectivity index (χ1v) is 8.70. The lowest BCUT2D eigenvalue weighted by atomic mass is 10.2. The molecule has 0 atom stereocenters. The number of nitrogens with one attached hydrogen (secondary N) is 1. The molecule has 1 N–H and O–H groups in total. The minimum absolute atomic E-state index is 0.303. The number of pyridine rings is 1. The van der Waals surface area contributed by atoms with E-state index >= 15 is 0 Å². The molecule has 4 aromatic rings. The second kappa shape index (κ2) is 7.48. The zero-order chi connectivity index (χ0) is 19.5. The van der Waals surface area contributed by atoms with Gasteiger partial charge >= 0.3 is 0 Å². The maximum absolute atomic E-state index is 13.3. The van der Waals surface area contributed by atoms with Crippen molar-refractivity contribution in [3.05, 3.63) is 89.8 Å². The molecule has 0 aliphatic heterocycles. The van der Waals surface area contributed by atoms with E-state index in [1.54, 1.807) is 36.7 Å². The van der Waals surface area contributed by atoms with Crippen LogP contribution >= 0.6 is 0 Å². The topological polar surface area (TPSA) is 73.0 Å². The van der Waals surface area contributed by atoms with Crippen LogP contribution in [0.5, 0.6) is 0 Å². The predicted octanol–water partition coefficient (Wildman–Crippen LogP) is 3.90. The molecular weight excluding hydrogens is 359 g/mol. The quantitative estimate of drug-likeness (QED) is 0.573. The van der Waals surface area contributed by atoms with Crippen molar-refractivity contribution in [2.24, 2.45) is 0 Å². The summed E-state index contributed by atoms with van der Waals surface area (Å²) in [7, 11) is 0. The van der Waals surface area contributed by atoms with Crippen LogP contribution in [0, 0.1) is 12.7 Å². The highest BCUT2D eigenvalue weighted by molar-refractivity contribution is 5.94. The van der Waals surface area contributed by atoms with E-state index in [9.17, 15) is 9.18 Å². The molecule has 0 spiro atoms. The van der Waals surface area contributed by atoms with E-state index < -0.39 is 0 Å². The van der Waals surface area contributed by atoms with Crippen LogP contribution in [0.15, 0.2) is 71.4 Å². The Balaban J connectivity index is 1.68. The first kappa shape index (κ1) is 17.7. The van der Waals surface area contributed by atoms with Crippen LogP contribution in [-0.4, -0.2) is 20.7 Å².